The summed E-state index contributed by atoms with van der Waals surface area (Å²) in [7, 11) is -2.81. The van der Waals surface area contributed by atoms with E-state index in [1.54, 1.807) is 12.1 Å². The molecule has 5 nitrogen and oxygen atoms in total. The summed E-state index contributed by atoms with van der Waals surface area (Å²) in [4.78, 5) is 9.85. The van der Waals surface area contributed by atoms with Crippen molar-refractivity contribution in [3.05, 3.63) is 65.5 Å². The lowest BCUT2D eigenvalue weighted by atomic mass is 9.74. The average Bonchev–Trinajstić information content (AvgIpc) is 2.73. The standard InChI is InChI=1S/C23H31FNO4PS/c24-22-7-2-1-6-21(22)23(17-28-18-23)12-3-4-15-31-20-10-8-19(9-11-20)16-25-13-5-14-29-30(26)27/h1-2,6-11,25,30H,3-5,12-18H2,(H,26,27). The molecule has 31 heavy (non-hydrogen) atoms. The maximum absolute atomic E-state index is 14.2. The Kier molecular flexibility index (Phi) is 10.0. The van der Waals surface area contributed by atoms with Crippen LogP contribution >= 0.6 is 20.0 Å². The molecule has 1 heterocycles. The molecule has 0 spiro atoms. The first-order valence-electron chi connectivity index (χ1n) is 10.7. The Bertz CT molecular complexity index is 833. The van der Waals surface area contributed by atoms with Gasteiger partial charge in [0.25, 0.3) is 0 Å². The second kappa shape index (κ2) is 12.7. The van der Waals surface area contributed by atoms with Crippen LogP contribution in [0.2, 0.25) is 0 Å². The molecule has 170 valence electrons. The van der Waals surface area contributed by atoms with Crippen molar-refractivity contribution in [1.29, 1.82) is 0 Å². The fraction of sp³-hybridized carbons (Fsp3) is 0.478. The van der Waals surface area contributed by atoms with Crippen molar-refractivity contribution >= 4 is 20.0 Å². The minimum absolute atomic E-state index is 0.120. The third-order valence-electron chi connectivity index (χ3n) is 5.50. The summed E-state index contributed by atoms with van der Waals surface area (Å²) in [5, 5.41) is 3.30. The Hall–Kier alpha value is -1.21. The van der Waals surface area contributed by atoms with Crippen molar-refractivity contribution in [1.82, 2.24) is 5.32 Å². The van der Waals surface area contributed by atoms with Crippen LogP contribution in [-0.4, -0.2) is 37.0 Å². The van der Waals surface area contributed by atoms with Crippen LogP contribution in [0.1, 0.15) is 36.8 Å². The second-order valence-corrected chi connectivity index (χ2v) is 9.84. The van der Waals surface area contributed by atoms with Crippen LogP contribution in [0, 0.1) is 5.82 Å². The summed E-state index contributed by atoms with van der Waals surface area (Å²) in [5.74, 6) is 0.922. The largest absolute Gasteiger partial charge is 0.379 e. The first-order valence-corrected chi connectivity index (χ1v) is 12.9. The zero-order valence-electron chi connectivity index (χ0n) is 17.6. The van der Waals surface area contributed by atoms with Gasteiger partial charge in [-0.25, -0.2) is 4.39 Å². The summed E-state index contributed by atoms with van der Waals surface area (Å²) in [6.07, 6.45) is 3.81. The number of hydrogen-bond donors (Lipinski definition) is 2. The normalized spacial score (nSPS) is 16.1. The summed E-state index contributed by atoms with van der Waals surface area (Å²) >= 11 is 1.85. The zero-order valence-corrected chi connectivity index (χ0v) is 19.5. The van der Waals surface area contributed by atoms with Crippen LogP contribution < -0.4 is 5.32 Å². The lowest BCUT2D eigenvalue weighted by Crippen LogP contribution is -2.47. The molecule has 8 heteroatoms. The Morgan fingerprint density at radius 2 is 1.90 bits per heavy atom. The maximum atomic E-state index is 14.2. The van der Waals surface area contributed by atoms with Gasteiger partial charge in [0.15, 0.2) is 0 Å². The van der Waals surface area contributed by atoms with Crippen LogP contribution in [0.5, 0.6) is 0 Å². The van der Waals surface area contributed by atoms with Crippen molar-refractivity contribution in [3.63, 3.8) is 0 Å². The van der Waals surface area contributed by atoms with Gasteiger partial charge in [0.05, 0.1) is 19.8 Å². The van der Waals surface area contributed by atoms with Gasteiger partial charge < -0.3 is 19.5 Å². The number of unbranched alkanes of at least 4 members (excludes halogenated alkanes) is 1. The lowest BCUT2D eigenvalue weighted by molar-refractivity contribution is -0.0668. The van der Waals surface area contributed by atoms with Gasteiger partial charge in [0.2, 0.25) is 0 Å². The van der Waals surface area contributed by atoms with Crippen molar-refractivity contribution in [3.8, 4) is 0 Å². The molecule has 0 saturated carbocycles. The lowest BCUT2D eigenvalue weighted by Gasteiger charge is -2.42. The minimum atomic E-state index is -2.81. The van der Waals surface area contributed by atoms with Crippen molar-refractivity contribution in [2.24, 2.45) is 0 Å². The fourth-order valence-electron chi connectivity index (χ4n) is 3.72. The summed E-state index contributed by atoms with van der Waals surface area (Å²) in [6, 6.07) is 15.6. The number of hydrogen-bond acceptors (Lipinski definition) is 5. The van der Waals surface area contributed by atoms with E-state index >= 15 is 0 Å². The monoisotopic (exact) mass is 467 g/mol. The molecule has 3 rings (SSSR count). The van der Waals surface area contributed by atoms with E-state index in [0.717, 1.165) is 43.7 Å². The van der Waals surface area contributed by atoms with Crippen LogP contribution in [0.3, 0.4) is 0 Å². The predicted molar refractivity (Wildman–Crippen MR) is 123 cm³/mol. The summed E-state index contributed by atoms with van der Waals surface area (Å²) < 4.78 is 34.8. The molecule has 2 N–H and O–H groups in total. The first kappa shape index (κ1) is 24.4. The molecular formula is C23H31FNO4PS. The van der Waals surface area contributed by atoms with Crippen LogP contribution in [0.15, 0.2) is 53.4 Å². The molecule has 0 radical (unpaired) electrons. The topological polar surface area (TPSA) is 67.8 Å². The van der Waals surface area contributed by atoms with E-state index in [9.17, 15) is 8.96 Å². The molecular weight excluding hydrogens is 436 g/mol. The molecule has 0 amide bonds. The Balaban J connectivity index is 1.31. The Morgan fingerprint density at radius 1 is 1.13 bits per heavy atom. The predicted octanol–water partition coefficient (Wildman–Crippen LogP) is 4.93. The van der Waals surface area contributed by atoms with Crippen LogP contribution in [-0.2, 0) is 25.8 Å². The Morgan fingerprint density at radius 3 is 2.58 bits per heavy atom. The summed E-state index contributed by atoms with van der Waals surface area (Å²) in [6.45, 7) is 3.03. The van der Waals surface area contributed by atoms with Gasteiger partial charge in [-0.05, 0) is 60.9 Å². The Labute approximate surface area is 188 Å². The van der Waals surface area contributed by atoms with Gasteiger partial charge in [-0.2, -0.15) is 0 Å². The van der Waals surface area contributed by atoms with Crippen molar-refractivity contribution < 1.29 is 23.1 Å². The van der Waals surface area contributed by atoms with Gasteiger partial charge in [0.1, 0.15) is 5.82 Å². The number of thioether (sulfide) groups is 1. The molecule has 1 aliphatic heterocycles. The highest BCUT2D eigenvalue weighted by Crippen LogP contribution is 2.38. The average molecular weight is 468 g/mol. The number of halogens is 1. The van der Waals surface area contributed by atoms with E-state index in [0.29, 0.717) is 26.2 Å². The fourth-order valence-corrected chi connectivity index (χ4v) is 4.95. The first-order chi connectivity index (χ1) is 15.1. The number of ether oxygens (including phenoxy) is 1. The van der Waals surface area contributed by atoms with E-state index in [1.165, 1.54) is 10.5 Å². The number of benzene rings is 2. The van der Waals surface area contributed by atoms with Gasteiger partial charge in [-0.3, -0.25) is 4.57 Å². The molecule has 1 fully saturated rings. The molecule has 2 aromatic carbocycles. The van der Waals surface area contributed by atoms with E-state index in [4.69, 9.17) is 9.63 Å². The smallest absolute Gasteiger partial charge is 0.316 e. The number of rotatable bonds is 14. The second-order valence-electron chi connectivity index (χ2n) is 7.85. The van der Waals surface area contributed by atoms with Crippen molar-refractivity contribution in [2.75, 3.05) is 32.1 Å². The summed E-state index contributed by atoms with van der Waals surface area (Å²) in [5.41, 5.74) is 1.86. The third-order valence-corrected chi connectivity index (χ3v) is 7.05. The van der Waals surface area contributed by atoms with E-state index in [-0.39, 0.29) is 11.2 Å². The molecule has 1 saturated heterocycles. The minimum Gasteiger partial charge on any atom is -0.379 e. The zero-order chi connectivity index (χ0) is 21.9. The highest BCUT2D eigenvalue weighted by molar-refractivity contribution is 7.99. The molecule has 0 aliphatic carbocycles. The van der Waals surface area contributed by atoms with Gasteiger partial charge >= 0.3 is 8.25 Å². The SMILES string of the molecule is O=[PH](O)OCCCNCc1ccc(SCCCCC2(c3ccccc3F)COC2)cc1. The molecule has 1 atom stereocenters. The van der Waals surface area contributed by atoms with Crippen molar-refractivity contribution in [2.45, 2.75) is 42.5 Å². The van der Waals surface area contributed by atoms with E-state index < -0.39 is 8.25 Å². The maximum Gasteiger partial charge on any atom is 0.316 e. The highest BCUT2D eigenvalue weighted by atomic mass is 32.2. The van der Waals surface area contributed by atoms with Gasteiger partial charge in [-0.15, -0.1) is 11.8 Å². The van der Waals surface area contributed by atoms with Crippen LogP contribution in [0.25, 0.3) is 0 Å². The van der Waals surface area contributed by atoms with Gasteiger partial charge in [-0.1, -0.05) is 36.8 Å². The molecule has 0 aromatic heterocycles. The quantitative estimate of drug-likeness (QED) is 0.233. The highest BCUT2D eigenvalue weighted by Gasteiger charge is 2.41. The third kappa shape index (κ3) is 7.70. The molecule has 1 unspecified atom stereocenters. The van der Waals surface area contributed by atoms with E-state index in [2.05, 4.69) is 34.1 Å². The van der Waals surface area contributed by atoms with E-state index in [1.807, 2.05) is 23.9 Å². The molecule has 0 bridgehead atoms. The van der Waals surface area contributed by atoms with Crippen LogP contribution in [0.4, 0.5) is 4.39 Å². The molecule has 1 aliphatic rings. The number of nitrogens with one attached hydrogen (secondary N) is 1. The van der Waals surface area contributed by atoms with Gasteiger partial charge in [0, 0.05) is 16.9 Å². The molecule has 2 aromatic rings.